The number of esters is 1. The molecular weight excluding hydrogens is 384 g/mol. The number of hydrogen-bond donors (Lipinski definition) is 2. The molecule has 1 fully saturated rings. The molecule has 8 nitrogen and oxygen atoms in total. The fourth-order valence-corrected chi connectivity index (χ4v) is 3.79. The van der Waals surface area contributed by atoms with Gasteiger partial charge in [0.1, 0.15) is 0 Å². The molecule has 1 saturated heterocycles. The van der Waals surface area contributed by atoms with Gasteiger partial charge in [0, 0.05) is 44.0 Å². The van der Waals surface area contributed by atoms with Crippen molar-refractivity contribution in [2.75, 3.05) is 51.3 Å². The Kier molecular flexibility index (Phi) is 7.10. The Bertz CT molecular complexity index is 832. The molecule has 2 aliphatic rings. The third-order valence-corrected chi connectivity index (χ3v) is 5.61. The minimum Gasteiger partial charge on any atom is -0.469 e. The monoisotopic (exact) mass is 414 g/mol. The largest absolute Gasteiger partial charge is 0.469 e. The molecule has 1 atom stereocenters. The molecular formula is C22H30N4O4. The van der Waals surface area contributed by atoms with Crippen molar-refractivity contribution in [3.8, 4) is 0 Å². The zero-order valence-electron chi connectivity index (χ0n) is 17.7. The number of nitrogens with one attached hydrogen (secondary N) is 2. The molecule has 2 aliphatic heterocycles. The number of methoxy groups -OCH3 is 1. The van der Waals surface area contributed by atoms with Crippen LogP contribution in [0.1, 0.15) is 29.3 Å². The molecule has 3 rings (SSSR count). The molecule has 1 aromatic carbocycles. The molecule has 0 aromatic heterocycles. The number of piperazine rings is 1. The molecule has 1 aromatic rings. The van der Waals surface area contributed by atoms with Crippen molar-refractivity contribution >= 4 is 23.5 Å². The van der Waals surface area contributed by atoms with Gasteiger partial charge in [-0.25, -0.2) is 0 Å². The zero-order valence-corrected chi connectivity index (χ0v) is 17.7. The first-order chi connectivity index (χ1) is 14.4. The Morgan fingerprint density at radius 2 is 2.00 bits per heavy atom. The number of benzene rings is 1. The lowest BCUT2D eigenvalue weighted by Gasteiger charge is -2.32. The summed E-state index contributed by atoms with van der Waals surface area (Å²) in [6.07, 6.45) is 0.727. The van der Waals surface area contributed by atoms with Gasteiger partial charge in [-0.1, -0.05) is 18.2 Å². The van der Waals surface area contributed by atoms with Crippen LogP contribution in [-0.2, 0) is 20.7 Å². The first kappa shape index (κ1) is 21.8. The maximum Gasteiger partial charge on any atom is 0.307 e. The van der Waals surface area contributed by atoms with Gasteiger partial charge in [0.05, 0.1) is 26.1 Å². The van der Waals surface area contributed by atoms with Crippen LogP contribution in [0.2, 0.25) is 0 Å². The smallest absolute Gasteiger partial charge is 0.307 e. The van der Waals surface area contributed by atoms with Crippen molar-refractivity contribution in [3.63, 3.8) is 0 Å². The standard InChI is InChI=1S/C22H30N4O4/c1-15(2)19(13-21(28)30-3)24-20(27)14-26-9-6-16-4-5-17(12-18(16)22(26)29)25-10-7-23-8-11-25/h4-5,12,19,23H,1,6-11,13-14H2,2-3H3,(H,24,27)/t19-/m0/s1. The predicted octanol–water partition coefficient (Wildman–Crippen LogP) is 0.719. The van der Waals surface area contributed by atoms with Crippen LogP contribution in [0.15, 0.2) is 30.4 Å². The second kappa shape index (κ2) is 9.75. The molecule has 0 aliphatic carbocycles. The number of nitrogens with zero attached hydrogens (tertiary/aromatic N) is 2. The highest BCUT2D eigenvalue weighted by atomic mass is 16.5. The molecule has 0 radical (unpaired) electrons. The molecule has 2 heterocycles. The maximum atomic E-state index is 13.1. The van der Waals surface area contributed by atoms with Crippen LogP contribution >= 0.6 is 0 Å². The molecule has 162 valence electrons. The zero-order chi connectivity index (χ0) is 21.7. The van der Waals surface area contributed by atoms with Crippen LogP contribution in [0.25, 0.3) is 0 Å². The third kappa shape index (κ3) is 5.18. The van der Waals surface area contributed by atoms with Crippen LogP contribution in [0.3, 0.4) is 0 Å². The highest BCUT2D eigenvalue weighted by molar-refractivity contribution is 5.99. The summed E-state index contributed by atoms with van der Waals surface area (Å²) in [5.41, 5.74) is 3.37. The molecule has 0 bridgehead atoms. The lowest BCUT2D eigenvalue weighted by Crippen LogP contribution is -2.47. The van der Waals surface area contributed by atoms with Gasteiger partial charge in [0.15, 0.2) is 0 Å². The average molecular weight is 415 g/mol. The number of hydrogen-bond acceptors (Lipinski definition) is 6. The molecule has 2 N–H and O–H groups in total. The lowest BCUT2D eigenvalue weighted by molar-refractivity contribution is -0.141. The average Bonchev–Trinajstić information content (AvgIpc) is 2.75. The maximum absolute atomic E-state index is 13.1. The second-order valence-electron chi connectivity index (χ2n) is 7.80. The topological polar surface area (TPSA) is 91.0 Å². The van der Waals surface area contributed by atoms with Crippen LogP contribution < -0.4 is 15.5 Å². The predicted molar refractivity (Wildman–Crippen MR) is 115 cm³/mol. The van der Waals surface area contributed by atoms with E-state index >= 15 is 0 Å². The molecule has 30 heavy (non-hydrogen) atoms. The quantitative estimate of drug-likeness (QED) is 0.505. The van der Waals surface area contributed by atoms with Gasteiger partial charge >= 0.3 is 5.97 Å². The summed E-state index contributed by atoms with van der Waals surface area (Å²) in [6.45, 7) is 9.66. The number of amides is 2. The molecule has 0 unspecified atom stereocenters. The highest BCUT2D eigenvalue weighted by Gasteiger charge is 2.28. The highest BCUT2D eigenvalue weighted by Crippen LogP contribution is 2.25. The Labute approximate surface area is 177 Å². The van der Waals surface area contributed by atoms with E-state index in [1.54, 1.807) is 11.8 Å². The Morgan fingerprint density at radius 3 is 2.67 bits per heavy atom. The summed E-state index contributed by atoms with van der Waals surface area (Å²) in [4.78, 5) is 41.0. The number of rotatable bonds is 7. The summed E-state index contributed by atoms with van der Waals surface area (Å²) in [5.74, 6) is -0.878. The van der Waals surface area contributed by atoms with E-state index in [1.165, 1.54) is 7.11 Å². The summed E-state index contributed by atoms with van der Waals surface area (Å²) < 4.78 is 4.68. The van der Waals surface area contributed by atoms with Crippen molar-refractivity contribution in [2.24, 2.45) is 0 Å². The van der Waals surface area contributed by atoms with E-state index in [0.717, 1.165) is 37.4 Å². The van der Waals surface area contributed by atoms with Gasteiger partial charge in [0.2, 0.25) is 5.91 Å². The third-order valence-electron chi connectivity index (χ3n) is 5.61. The van der Waals surface area contributed by atoms with Crippen molar-refractivity contribution in [2.45, 2.75) is 25.8 Å². The fraction of sp³-hybridized carbons (Fsp3) is 0.500. The Hall–Kier alpha value is -2.87. The SMILES string of the molecule is C=C(C)[C@H](CC(=O)OC)NC(=O)CN1CCc2ccc(N3CCNCC3)cc2C1=O. The summed E-state index contributed by atoms with van der Waals surface area (Å²) in [6, 6.07) is 5.53. The van der Waals surface area contributed by atoms with Crippen LogP contribution in [0, 0.1) is 0 Å². The van der Waals surface area contributed by atoms with Crippen molar-refractivity contribution < 1.29 is 19.1 Å². The normalized spacial score (nSPS) is 17.2. The van der Waals surface area contributed by atoms with Gasteiger partial charge in [0.25, 0.3) is 5.91 Å². The Balaban J connectivity index is 1.66. The van der Waals surface area contributed by atoms with E-state index in [4.69, 9.17) is 0 Å². The van der Waals surface area contributed by atoms with E-state index in [-0.39, 0.29) is 24.8 Å². The number of fused-ring (bicyclic) bond motifs is 1. The van der Waals surface area contributed by atoms with Crippen LogP contribution in [0.5, 0.6) is 0 Å². The minimum atomic E-state index is -0.517. The van der Waals surface area contributed by atoms with Gasteiger partial charge in [-0.05, 0) is 31.0 Å². The first-order valence-corrected chi connectivity index (χ1v) is 10.3. The molecule has 0 spiro atoms. The second-order valence-corrected chi connectivity index (χ2v) is 7.80. The van der Waals surface area contributed by atoms with E-state index in [9.17, 15) is 14.4 Å². The van der Waals surface area contributed by atoms with E-state index in [2.05, 4.69) is 32.9 Å². The van der Waals surface area contributed by atoms with Crippen LogP contribution in [0.4, 0.5) is 5.69 Å². The number of carbonyl (C=O) groups is 3. The van der Waals surface area contributed by atoms with Crippen molar-refractivity contribution in [1.82, 2.24) is 15.5 Å². The van der Waals surface area contributed by atoms with E-state index in [0.29, 0.717) is 24.1 Å². The summed E-state index contributed by atoms with van der Waals surface area (Å²) in [5, 5.41) is 6.11. The molecule has 0 saturated carbocycles. The first-order valence-electron chi connectivity index (χ1n) is 10.3. The summed E-state index contributed by atoms with van der Waals surface area (Å²) in [7, 11) is 1.30. The van der Waals surface area contributed by atoms with Gasteiger partial charge < -0.3 is 25.2 Å². The van der Waals surface area contributed by atoms with Gasteiger partial charge in [-0.15, -0.1) is 0 Å². The fourth-order valence-electron chi connectivity index (χ4n) is 3.79. The van der Waals surface area contributed by atoms with E-state index < -0.39 is 12.0 Å². The molecule has 2 amide bonds. The summed E-state index contributed by atoms with van der Waals surface area (Å²) >= 11 is 0. The van der Waals surface area contributed by atoms with Crippen molar-refractivity contribution in [3.05, 3.63) is 41.5 Å². The van der Waals surface area contributed by atoms with Gasteiger partial charge in [-0.3, -0.25) is 14.4 Å². The minimum absolute atomic E-state index is 0.0163. The van der Waals surface area contributed by atoms with Gasteiger partial charge in [-0.2, -0.15) is 0 Å². The molecule has 8 heteroatoms. The Morgan fingerprint density at radius 1 is 1.27 bits per heavy atom. The number of ether oxygens (including phenoxy) is 1. The lowest BCUT2D eigenvalue weighted by atomic mass is 9.97. The van der Waals surface area contributed by atoms with Crippen molar-refractivity contribution in [1.29, 1.82) is 0 Å². The van der Waals surface area contributed by atoms with E-state index in [1.807, 2.05) is 12.1 Å². The van der Waals surface area contributed by atoms with Crippen LogP contribution in [-0.4, -0.2) is 75.1 Å². The number of anilines is 1. The number of carbonyl (C=O) groups excluding carboxylic acids is 3.